The lowest BCUT2D eigenvalue weighted by atomic mass is 10.0. The minimum atomic E-state index is -3.92. The Bertz CT molecular complexity index is 1230. The van der Waals surface area contributed by atoms with Crippen LogP contribution in [0.2, 0.25) is 5.02 Å². The number of sulfonamides is 1. The van der Waals surface area contributed by atoms with E-state index in [9.17, 15) is 13.2 Å². The fraction of sp³-hybridized carbons (Fsp3) is 0.381. The molecular formula is C21H24ClN5O4S. The fourth-order valence-electron chi connectivity index (χ4n) is 3.82. The molecule has 9 nitrogen and oxygen atoms in total. The van der Waals surface area contributed by atoms with Crippen LogP contribution in [0.1, 0.15) is 19.3 Å². The average molecular weight is 478 g/mol. The molecule has 1 amide bonds. The van der Waals surface area contributed by atoms with Crippen molar-refractivity contribution in [3.63, 3.8) is 0 Å². The number of halogens is 1. The molecule has 1 aliphatic heterocycles. The van der Waals surface area contributed by atoms with Crippen LogP contribution in [-0.4, -0.2) is 59.9 Å². The summed E-state index contributed by atoms with van der Waals surface area (Å²) in [6, 6.07) is 10.8. The summed E-state index contributed by atoms with van der Waals surface area (Å²) < 4.78 is 35.0. The van der Waals surface area contributed by atoms with Gasteiger partial charge in [0, 0.05) is 13.7 Å². The summed E-state index contributed by atoms with van der Waals surface area (Å²) in [5.74, 6) is -0.395. The molecule has 0 spiro atoms. The van der Waals surface area contributed by atoms with Crippen molar-refractivity contribution in [2.45, 2.75) is 36.7 Å². The first kappa shape index (κ1) is 22.7. The van der Waals surface area contributed by atoms with Gasteiger partial charge in [0.2, 0.25) is 15.9 Å². The van der Waals surface area contributed by atoms with Crippen LogP contribution in [-0.2, 0) is 26.1 Å². The quantitative estimate of drug-likeness (QED) is 0.560. The van der Waals surface area contributed by atoms with Gasteiger partial charge in [0.05, 0.1) is 34.3 Å². The number of para-hydroxylation sites is 1. The SMILES string of the molecule is COCCn1nnc2cc(S(=O)(=O)N3CCCCC3C(=O)Nc3ccccc3Cl)ccc21. The molecule has 3 aromatic rings. The zero-order valence-electron chi connectivity index (χ0n) is 17.6. The Balaban J connectivity index is 1.61. The maximum absolute atomic E-state index is 13.5. The van der Waals surface area contributed by atoms with Crippen LogP contribution in [0.4, 0.5) is 5.69 Å². The van der Waals surface area contributed by atoms with Gasteiger partial charge < -0.3 is 10.1 Å². The highest BCUT2D eigenvalue weighted by Crippen LogP contribution is 2.29. The van der Waals surface area contributed by atoms with Gasteiger partial charge in [-0.25, -0.2) is 13.1 Å². The van der Waals surface area contributed by atoms with Crippen molar-refractivity contribution in [3.8, 4) is 0 Å². The van der Waals surface area contributed by atoms with E-state index in [1.54, 1.807) is 42.1 Å². The predicted octanol–water partition coefficient (Wildman–Crippen LogP) is 2.91. The number of amides is 1. The number of hydrogen-bond acceptors (Lipinski definition) is 6. The molecule has 1 aromatic heterocycles. The van der Waals surface area contributed by atoms with Crippen LogP contribution in [0.25, 0.3) is 11.0 Å². The number of aromatic nitrogens is 3. The van der Waals surface area contributed by atoms with E-state index in [2.05, 4.69) is 15.6 Å². The molecule has 1 aliphatic rings. The number of ether oxygens (including phenoxy) is 1. The molecule has 2 heterocycles. The largest absolute Gasteiger partial charge is 0.383 e. The van der Waals surface area contributed by atoms with Crippen LogP contribution in [0.3, 0.4) is 0 Å². The number of carbonyl (C=O) groups excluding carboxylic acids is 1. The van der Waals surface area contributed by atoms with E-state index in [-0.39, 0.29) is 11.4 Å². The standard InChI is InChI=1S/C21H24ClN5O4S/c1-31-13-12-26-19-10-9-15(14-18(19)24-25-26)32(29,30)27-11-5-4-8-20(27)21(28)23-17-7-3-2-6-16(17)22/h2-3,6-7,9-10,14,20H,4-5,8,11-13H2,1H3,(H,23,28). The third kappa shape index (κ3) is 4.49. The number of carbonyl (C=O) groups is 1. The molecule has 0 bridgehead atoms. The van der Waals surface area contributed by atoms with Gasteiger partial charge in [-0.05, 0) is 43.2 Å². The lowest BCUT2D eigenvalue weighted by Gasteiger charge is -2.33. The Morgan fingerprint density at radius 1 is 1.25 bits per heavy atom. The Morgan fingerprint density at radius 3 is 2.84 bits per heavy atom. The molecule has 32 heavy (non-hydrogen) atoms. The van der Waals surface area contributed by atoms with E-state index in [1.807, 2.05) is 0 Å². The normalized spacial score (nSPS) is 17.5. The van der Waals surface area contributed by atoms with Gasteiger partial charge in [-0.2, -0.15) is 4.31 Å². The van der Waals surface area contributed by atoms with Crippen molar-refractivity contribution in [3.05, 3.63) is 47.5 Å². The van der Waals surface area contributed by atoms with Crippen LogP contribution in [0, 0.1) is 0 Å². The summed E-state index contributed by atoms with van der Waals surface area (Å²) in [6.45, 7) is 1.24. The van der Waals surface area contributed by atoms with Crippen LogP contribution in [0.5, 0.6) is 0 Å². The van der Waals surface area contributed by atoms with E-state index in [1.165, 1.54) is 16.4 Å². The number of rotatable bonds is 7. The average Bonchev–Trinajstić information content (AvgIpc) is 3.21. The van der Waals surface area contributed by atoms with Gasteiger partial charge in [0.15, 0.2) is 0 Å². The first-order valence-electron chi connectivity index (χ1n) is 10.3. The number of fused-ring (bicyclic) bond motifs is 1. The molecule has 4 rings (SSSR count). The number of piperidine rings is 1. The van der Waals surface area contributed by atoms with Crippen LogP contribution >= 0.6 is 11.6 Å². The third-order valence-electron chi connectivity index (χ3n) is 5.49. The highest BCUT2D eigenvalue weighted by molar-refractivity contribution is 7.89. The molecule has 0 radical (unpaired) electrons. The van der Waals surface area contributed by atoms with E-state index in [4.69, 9.17) is 16.3 Å². The molecule has 1 fully saturated rings. The maximum Gasteiger partial charge on any atom is 0.243 e. The van der Waals surface area contributed by atoms with Gasteiger partial charge >= 0.3 is 0 Å². The second-order valence-electron chi connectivity index (χ2n) is 7.55. The Hall–Kier alpha value is -2.53. The summed E-state index contributed by atoms with van der Waals surface area (Å²) in [7, 11) is -2.32. The minimum Gasteiger partial charge on any atom is -0.383 e. The lowest BCUT2D eigenvalue weighted by molar-refractivity contribution is -0.120. The zero-order chi connectivity index (χ0) is 22.7. The summed E-state index contributed by atoms with van der Waals surface area (Å²) in [5.41, 5.74) is 1.64. The molecule has 170 valence electrons. The fourth-order valence-corrected chi connectivity index (χ4v) is 5.68. The van der Waals surface area contributed by atoms with E-state index in [0.29, 0.717) is 47.7 Å². The number of anilines is 1. The van der Waals surface area contributed by atoms with Crippen LogP contribution in [0.15, 0.2) is 47.4 Å². The second-order valence-corrected chi connectivity index (χ2v) is 9.85. The topological polar surface area (TPSA) is 106 Å². The Labute approximate surface area is 191 Å². The molecular weight excluding hydrogens is 454 g/mol. The highest BCUT2D eigenvalue weighted by Gasteiger charge is 2.38. The predicted molar refractivity (Wildman–Crippen MR) is 121 cm³/mol. The van der Waals surface area contributed by atoms with Crippen molar-refractivity contribution < 1.29 is 17.9 Å². The lowest BCUT2D eigenvalue weighted by Crippen LogP contribution is -2.49. The monoisotopic (exact) mass is 477 g/mol. The van der Waals surface area contributed by atoms with Crippen molar-refractivity contribution >= 4 is 44.3 Å². The molecule has 1 N–H and O–H groups in total. The second kappa shape index (κ2) is 9.53. The Kier molecular flexibility index (Phi) is 6.75. The number of nitrogens with zero attached hydrogens (tertiary/aromatic N) is 4. The van der Waals surface area contributed by atoms with E-state index < -0.39 is 22.0 Å². The number of benzene rings is 2. The molecule has 1 saturated heterocycles. The Morgan fingerprint density at radius 2 is 2.06 bits per heavy atom. The summed E-state index contributed by atoms with van der Waals surface area (Å²) in [6.07, 6.45) is 1.88. The molecule has 11 heteroatoms. The van der Waals surface area contributed by atoms with E-state index in [0.717, 1.165) is 6.42 Å². The maximum atomic E-state index is 13.5. The third-order valence-corrected chi connectivity index (χ3v) is 7.72. The molecule has 0 aliphatic carbocycles. The van der Waals surface area contributed by atoms with Crippen LogP contribution < -0.4 is 5.32 Å². The van der Waals surface area contributed by atoms with Gasteiger partial charge in [-0.3, -0.25) is 4.79 Å². The molecule has 0 saturated carbocycles. The summed E-state index contributed by atoms with van der Waals surface area (Å²) in [5, 5.41) is 11.3. The zero-order valence-corrected chi connectivity index (χ0v) is 19.1. The van der Waals surface area contributed by atoms with Gasteiger partial charge in [-0.15, -0.1) is 5.10 Å². The smallest absolute Gasteiger partial charge is 0.243 e. The molecule has 1 unspecified atom stereocenters. The van der Waals surface area contributed by atoms with Crippen molar-refractivity contribution in [1.82, 2.24) is 19.3 Å². The van der Waals surface area contributed by atoms with E-state index >= 15 is 0 Å². The highest BCUT2D eigenvalue weighted by atomic mass is 35.5. The van der Waals surface area contributed by atoms with Crippen molar-refractivity contribution in [1.29, 1.82) is 0 Å². The first-order valence-corrected chi connectivity index (χ1v) is 12.1. The number of methoxy groups -OCH3 is 1. The summed E-state index contributed by atoms with van der Waals surface area (Å²) >= 11 is 6.15. The minimum absolute atomic E-state index is 0.0845. The number of nitrogens with one attached hydrogen (secondary N) is 1. The van der Waals surface area contributed by atoms with Crippen molar-refractivity contribution in [2.24, 2.45) is 0 Å². The van der Waals surface area contributed by atoms with Crippen molar-refractivity contribution in [2.75, 3.05) is 25.6 Å². The molecule has 2 aromatic carbocycles. The number of hydrogen-bond donors (Lipinski definition) is 1. The molecule has 1 atom stereocenters. The first-order chi connectivity index (χ1) is 15.4. The van der Waals surface area contributed by atoms with Gasteiger partial charge in [0.1, 0.15) is 11.6 Å². The van der Waals surface area contributed by atoms with Gasteiger partial charge in [-0.1, -0.05) is 35.4 Å². The summed E-state index contributed by atoms with van der Waals surface area (Å²) in [4.78, 5) is 13.1. The van der Waals surface area contributed by atoms with Gasteiger partial charge in [0.25, 0.3) is 0 Å².